The molecule has 0 amide bonds. The standard InChI is InChI=1S/C15H13NO/c1-17-14-9-7-13(8-10-14)15(11-16)12-5-3-2-4-6-12/h2-10,15H,1H3/t15-/m0/s1. The van der Waals surface area contributed by atoms with Crippen LogP contribution in [0.25, 0.3) is 0 Å². The molecular formula is C15H13NO. The van der Waals surface area contributed by atoms with E-state index in [9.17, 15) is 5.26 Å². The van der Waals surface area contributed by atoms with E-state index in [4.69, 9.17) is 4.74 Å². The summed E-state index contributed by atoms with van der Waals surface area (Å²) in [5.41, 5.74) is 2.00. The zero-order chi connectivity index (χ0) is 12.1. The third-order valence-corrected chi connectivity index (χ3v) is 2.71. The number of hydrogen-bond acceptors (Lipinski definition) is 2. The smallest absolute Gasteiger partial charge is 0.118 e. The van der Waals surface area contributed by atoms with Gasteiger partial charge in [-0.15, -0.1) is 0 Å². The summed E-state index contributed by atoms with van der Waals surface area (Å²) < 4.78 is 5.11. The topological polar surface area (TPSA) is 33.0 Å². The van der Waals surface area contributed by atoms with Crippen LogP contribution in [0.3, 0.4) is 0 Å². The molecule has 0 heterocycles. The molecule has 84 valence electrons. The van der Waals surface area contributed by atoms with Crippen LogP contribution < -0.4 is 4.74 Å². The molecule has 0 radical (unpaired) electrons. The molecule has 0 aromatic heterocycles. The number of ether oxygens (including phenoxy) is 1. The van der Waals surface area contributed by atoms with E-state index in [1.165, 1.54) is 0 Å². The quantitative estimate of drug-likeness (QED) is 0.799. The minimum absolute atomic E-state index is 0.220. The van der Waals surface area contributed by atoms with Gasteiger partial charge in [-0.1, -0.05) is 42.5 Å². The Morgan fingerprint density at radius 3 is 2.06 bits per heavy atom. The third kappa shape index (κ3) is 2.46. The van der Waals surface area contributed by atoms with E-state index in [2.05, 4.69) is 6.07 Å². The van der Waals surface area contributed by atoms with Crippen LogP contribution in [0.1, 0.15) is 17.0 Å². The van der Waals surface area contributed by atoms with Gasteiger partial charge in [-0.2, -0.15) is 5.26 Å². The van der Waals surface area contributed by atoms with Crippen LogP contribution in [0.4, 0.5) is 0 Å². The van der Waals surface area contributed by atoms with Gasteiger partial charge in [0.25, 0.3) is 0 Å². The van der Waals surface area contributed by atoms with Gasteiger partial charge < -0.3 is 4.74 Å². The van der Waals surface area contributed by atoms with Crippen molar-refractivity contribution in [2.45, 2.75) is 5.92 Å². The summed E-state index contributed by atoms with van der Waals surface area (Å²) in [6.45, 7) is 0. The Morgan fingerprint density at radius 1 is 0.941 bits per heavy atom. The van der Waals surface area contributed by atoms with Crippen molar-refractivity contribution in [3.63, 3.8) is 0 Å². The van der Waals surface area contributed by atoms with Gasteiger partial charge in [0.05, 0.1) is 19.1 Å². The third-order valence-electron chi connectivity index (χ3n) is 2.71. The van der Waals surface area contributed by atoms with Crippen LogP contribution in [0.5, 0.6) is 5.75 Å². The molecule has 0 saturated carbocycles. The second kappa shape index (κ2) is 5.18. The Kier molecular flexibility index (Phi) is 3.42. The molecule has 0 bridgehead atoms. The van der Waals surface area contributed by atoms with Crippen molar-refractivity contribution in [3.05, 3.63) is 65.7 Å². The lowest BCUT2D eigenvalue weighted by Crippen LogP contribution is -1.97. The number of benzene rings is 2. The normalized spacial score (nSPS) is 11.5. The van der Waals surface area contributed by atoms with Crippen LogP contribution in [0.2, 0.25) is 0 Å². The fraction of sp³-hybridized carbons (Fsp3) is 0.133. The summed E-state index contributed by atoms with van der Waals surface area (Å²) in [6.07, 6.45) is 0. The summed E-state index contributed by atoms with van der Waals surface area (Å²) in [5, 5.41) is 9.28. The molecule has 0 spiro atoms. The van der Waals surface area contributed by atoms with Gasteiger partial charge in [-0.3, -0.25) is 0 Å². The number of nitrogens with zero attached hydrogens (tertiary/aromatic N) is 1. The van der Waals surface area contributed by atoms with E-state index in [0.717, 1.165) is 16.9 Å². The molecule has 0 fully saturated rings. The predicted molar refractivity (Wildman–Crippen MR) is 66.9 cm³/mol. The Bertz CT molecular complexity index is 511. The van der Waals surface area contributed by atoms with Gasteiger partial charge in [0.15, 0.2) is 0 Å². The average molecular weight is 223 g/mol. The second-order valence-corrected chi connectivity index (χ2v) is 3.75. The number of methoxy groups -OCH3 is 1. The van der Waals surface area contributed by atoms with Crippen LogP contribution in [-0.4, -0.2) is 7.11 Å². The minimum atomic E-state index is -0.220. The molecule has 2 rings (SSSR count). The predicted octanol–water partition coefficient (Wildman–Crippen LogP) is 3.35. The van der Waals surface area contributed by atoms with Crippen LogP contribution in [0.15, 0.2) is 54.6 Å². The van der Waals surface area contributed by atoms with Crippen molar-refractivity contribution in [2.24, 2.45) is 0 Å². The summed E-state index contributed by atoms with van der Waals surface area (Å²) >= 11 is 0. The van der Waals surface area contributed by atoms with Crippen molar-refractivity contribution >= 4 is 0 Å². The Hall–Kier alpha value is -2.27. The first-order valence-electron chi connectivity index (χ1n) is 5.43. The zero-order valence-corrected chi connectivity index (χ0v) is 9.63. The maximum atomic E-state index is 9.28. The number of nitriles is 1. The summed E-state index contributed by atoms with van der Waals surface area (Å²) in [4.78, 5) is 0. The molecular weight excluding hydrogens is 210 g/mol. The first-order valence-corrected chi connectivity index (χ1v) is 5.43. The Morgan fingerprint density at radius 2 is 1.53 bits per heavy atom. The van der Waals surface area contributed by atoms with Gasteiger partial charge >= 0.3 is 0 Å². The van der Waals surface area contributed by atoms with E-state index in [1.807, 2.05) is 54.6 Å². The maximum Gasteiger partial charge on any atom is 0.118 e. The Labute approximate surface area is 101 Å². The summed E-state index contributed by atoms with van der Waals surface area (Å²) in [7, 11) is 1.63. The van der Waals surface area contributed by atoms with E-state index in [-0.39, 0.29) is 5.92 Å². The molecule has 0 saturated heterocycles. The van der Waals surface area contributed by atoms with Gasteiger partial charge in [0.1, 0.15) is 5.75 Å². The SMILES string of the molecule is COc1ccc([C@@H](C#N)c2ccccc2)cc1. The van der Waals surface area contributed by atoms with E-state index >= 15 is 0 Å². The molecule has 0 aliphatic carbocycles. The largest absolute Gasteiger partial charge is 0.497 e. The summed E-state index contributed by atoms with van der Waals surface area (Å²) in [5.74, 6) is 0.584. The summed E-state index contributed by atoms with van der Waals surface area (Å²) in [6, 6.07) is 19.7. The number of hydrogen-bond donors (Lipinski definition) is 0. The van der Waals surface area contributed by atoms with Crippen LogP contribution in [0, 0.1) is 11.3 Å². The van der Waals surface area contributed by atoms with Crippen LogP contribution in [-0.2, 0) is 0 Å². The van der Waals surface area contributed by atoms with Crippen molar-refractivity contribution in [2.75, 3.05) is 7.11 Å². The first kappa shape index (κ1) is 11.2. The molecule has 2 heteroatoms. The zero-order valence-electron chi connectivity index (χ0n) is 9.63. The van der Waals surface area contributed by atoms with E-state index < -0.39 is 0 Å². The first-order chi connectivity index (χ1) is 8.35. The highest BCUT2D eigenvalue weighted by atomic mass is 16.5. The van der Waals surface area contributed by atoms with E-state index in [1.54, 1.807) is 7.11 Å². The second-order valence-electron chi connectivity index (χ2n) is 3.75. The Balaban J connectivity index is 2.33. The van der Waals surface area contributed by atoms with Gasteiger partial charge in [0, 0.05) is 0 Å². The minimum Gasteiger partial charge on any atom is -0.497 e. The van der Waals surface area contributed by atoms with Gasteiger partial charge in [-0.05, 0) is 23.3 Å². The molecule has 2 aromatic rings. The van der Waals surface area contributed by atoms with Gasteiger partial charge in [0.2, 0.25) is 0 Å². The molecule has 0 aliphatic heterocycles. The van der Waals surface area contributed by atoms with Crippen molar-refractivity contribution in [3.8, 4) is 11.8 Å². The van der Waals surface area contributed by atoms with Crippen molar-refractivity contribution < 1.29 is 4.74 Å². The molecule has 1 atom stereocenters. The molecule has 0 aliphatic rings. The van der Waals surface area contributed by atoms with Crippen molar-refractivity contribution in [1.82, 2.24) is 0 Å². The lowest BCUT2D eigenvalue weighted by molar-refractivity contribution is 0.414. The molecule has 17 heavy (non-hydrogen) atoms. The number of rotatable bonds is 3. The molecule has 0 unspecified atom stereocenters. The highest BCUT2D eigenvalue weighted by Crippen LogP contribution is 2.25. The van der Waals surface area contributed by atoms with E-state index in [0.29, 0.717) is 0 Å². The molecule has 2 nitrogen and oxygen atoms in total. The average Bonchev–Trinajstić information content (AvgIpc) is 2.42. The lowest BCUT2D eigenvalue weighted by Gasteiger charge is -2.10. The lowest BCUT2D eigenvalue weighted by atomic mass is 9.93. The molecule has 0 N–H and O–H groups in total. The highest BCUT2D eigenvalue weighted by Gasteiger charge is 2.12. The monoisotopic (exact) mass is 223 g/mol. The van der Waals surface area contributed by atoms with Gasteiger partial charge in [-0.25, -0.2) is 0 Å². The fourth-order valence-electron chi connectivity index (χ4n) is 1.78. The molecule has 2 aromatic carbocycles. The van der Waals surface area contributed by atoms with Crippen LogP contribution >= 0.6 is 0 Å². The maximum absolute atomic E-state index is 9.28. The highest BCUT2D eigenvalue weighted by molar-refractivity contribution is 5.40. The fourth-order valence-corrected chi connectivity index (χ4v) is 1.78. The van der Waals surface area contributed by atoms with Crippen molar-refractivity contribution in [1.29, 1.82) is 5.26 Å².